The molecule has 1 aromatic rings. The molecule has 0 aliphatic carbocycles. The Hall–Kier alpha value is -1.39. The lowest BCUT2D eigenvalue weighted by Gasteiger charge is -1.99. The molecule has 0 aliphatic rings. The van der Waals surface area contributed by atoms with Crippen molar-refractivity contribution in [2.24, 2.45) is 0 Å². The van der Waals surface area contributed by atoms with Gasteiger partial charge in [-0.05, 0) is 20.8 Å². The maximum absolute atomic E-state index is 11.3. The van der Waals surface area contributed by atoms with Crippen LogP contribution in [-0.2, 0) is 11.3 Å². The van der Waals surface area contributed by atoms with E-state index in [4.69, 9.17) is 4.74 Å². The molecule has 0 unspecified atom stereocenters. The van der Waals surface area contributed by atoms with E-state index in [-0.39, 0.29) is 0 Å². The Kier molecular flexibility index (Phi) is 3.00. The van der Waals surface area contributed by atoms with Crippen LogP contribution in [0, 0.1) is 6.92 Å². The standard InChI is InChI=1S/C8H13N3O2/c1-4-11-6(3)7(9-10-11)8(12)13-5-2/h4-5H2,1-3H3. The van der Waals surface area contributed by atoms with Crippen molar-refractivity contribution in [1.29, 1.82) is 0 Å². The lowest BCUT2D eigenvalue weighted by Crippen LogP contribution is -2.07. The third kappa shape index (κ3) is 1.85. The van der Waals surface area contributed by atoms with Crippen molar-refractivity contribution in [3.63, 3.8) is 0 Å². The van der Waals surface area contributed by atoms with Crippen molar-refractivity contribution in [2.75, 3.05) is 6.61 Å². The molecule has 0 bridgehead atoms. The van der Waals surface area contributed by atoms with Gasteiger partial charge in [0.1, 0.15) is 0 Å². The number of aromatic nitrogens is 3. The molecule has 0 amide bonds. The second kappa shape index (κ2) is 4.02. The van der Waals surface area contributed by atoms with E-state index >= 15 is 0 Å². The minimum atomic E-state index is -0.403. The highest BCUT2D eigenvalue weighted by Gasteiger charge is 2.16. The zero-order valence-corrected chi connectivity index (χ0v) is 8.07. The third-order valence-corrected chi connectivity index (χ3v) is 1.75. The number of esters is 1. The Bertz CT molecular complexity index is 306. The van der Waals surface area contributed by atoms with Crippen LogP contribution >= 0.6 is 0 Å². The van der Waals surface area contributed by atoms with Crippen LogP contribution in [-0.4, -0.2) is 27.6 Å². The fourth-order valence-corrected chi connectivity index (χ4v) is 1.05. The van der Waals surface area contributed by atoms with E-state index in [0.29, 0.717) is 18.8 Å². The van der Waals surface area contributed by atoms with Crippen LogP contribution in [0.1, 0.15) is 30.0 Å². The number of rotatable bonds is 3. The molecule has 0 saturated carbocycles. The van der Waals surface area contributed by atoms with Gasteiger partial charge in [-0.1, -0.05) is 5.21 Å². The molecule has 72 valence electrons. The van der Waals surface area contributed by atoms with Crippen LogP contribution < -0.4 is 0 Å². The van der Waals surface area contributed by atoms with E-state index in [1.165, 1.54) is 0 Å². The van der Waals surface area contributed by atoms with Crippen molar-refractivity contribution in [2.45, 2.75) is 27.3 Å². The van der Waals surface area contributed by atoms with Crippen LogP contribution in [0.25, 0.3) is 0 Å². The van der Waals surface area contributed by atoms with Gasteiger partial charge in [0, 0.05) is 6.54 Å². The Balaban J connectivity index is 2.89. The summed E-state index contributed by atoms with van der Waals surface area (Å²) in [6.07, 6.45) is 0. The second-order valence-electron chi connectivity index (χ2n) is 2.56. The predicted octanol–water partition coefficient (Wildman–Crippen LogP) is 0.783. The molecule has 1 rings (SSSR count). The summed E-state index contributed by atoms with van der Waals surface area (Å²) in [5.41, 5.74) is 1.06. The molecule has 0 radical (unpaired) electrons. The van der Waals surface area contributed by atoms with Gasteiger partial charge in [0.05, 0.1) is 12.3 Å². The molecule has 0 saturated heterocycles. The van der Waals surface area contributed by atoms with Crippen LogP contribution in [0.4, 0.5) is 0 Å². The van der Waals surface area contributed by atoms with Gasteiger partial charge >= 0.3 is 5.97 Å². The highest BCUT2D eigenvalue weighted by atomic mass is 16.5. The molecule has 0 N–H and O–H groups in total. The lowest BCUT2D eigenvalue weighted by molar-refractivity contribution is 0.0518. The van der Waals surface area contributed by atoms with E-state index in [9.17, 15) is 4.79 Å². The van der Waals surface area contributed by atoms with Crippen molar-refractivity contribution >= 4 is 5.97 Å². The minimum absolute atomic E-state index is 0.309. The van der Waals surface area contributed by atoms with E-state index < -0.39 is 5.97 Å². The summed E-state index contributed by atoms with van der Waals surface area (Å²) in [4.78, 5) is 11.3. The fraction of sp³-hybridized carbons (Fsp3) is 0.625. The quantitative estimate of drug-likeness (QED) is 0.650. The van der Waals surface area contributed by atoms with E-state index in [1.807, 2.05) is 6.92 Å². The van der Waals surface area contributed by atoms with Gasteiger partial charge in [0.2, 0.25) is 0 Å². The summed E-state index contributed by atoms with van der Waals surface area (Å²) >= 11 is 0. The molecule has 13 heavy (non-hydrogen) atoms. The van der Waals surface area contributed by atoms with Crippen molar-refractivity contribution in [3.8, 4) is 0 Å². The highest BCUT2D eigenvalue weighted by molar-refractivity contribution is 5.88. The summed E-state index contributed by atoms with van der Waals surface area (Å²) in [5.74, 6) is -0.403. The van der Waals surface area contributed by atoms with Gasteiger partial charge < -0.3 is 4.74 Å². The number of carbonyl (C=O) groups is 1. The zero-order valence-electron chi connectivity index (χ0n) is 8.07. The molecular weight excluding hydrogens is 170 g/mol. The maximum Gasteiger partial charge on any atom is 0.360 e. The van der Waals surface area contributed by atoms with Gasteiger partial charge in [-0.25, -0.2) is 9.48 Å². The number of aryl methyl sites for hydroxylation is 1. The van der Waals surface area contributed by atoms with Crippen LogP contribution in [0.3, 0.4) is 0 Å². The molecule has 0 atom stereocenters. The van der Waals surface area contributed by atoms with Gasteiger partial charge in [-0.2, -0.15) is 0 Å². The molecule has 1 aromatic heterocycles. The van der Waals surface area contributed by atoms with Gasteiger partial charge in [0.25, 0.3) is 0 Å². The Morgan fingerprint density at radius 1 is 1.54 bits per heavy atom. The van der Waals surface area contributed by atoms with Gasteiger partial charge in [0.15, 0.2) is 5.69 Å². The first kappa shape index (κ1) is 9.70. The summed E-state index contributed by atoms with van der Waals surface area (Å²) in [6.45, 7) is 6.57. The molecule has 1 heterocycles. The van der Waals surface area contributed by atoms with Crippen molar-refractivity contribution < 1.29 is 9.53 Å². The fourth-order valence-electron chi connectivity index (χ4n) is 1.05. The number of ether oxygens (including phenoxy) is 1. The molecule has 0 spiro atoms. The Labute approximate surface area is 76.7 Å². The average Bonchev–Trinajstić information content (AvgIpc) is 2.47. The number of nitrogens with zero attached hydrogens (tertiary/aromatic N) is 3. The smallest absolute Gasteiger partial charge is 0.360 e. The second-order valence-corrected chi connectivity index (χ2v) is 2.56. The normalized spacial score (nSPS) is 10.1. The molecule has 5 heteroatoms. The largest absolute Gasteiger partial charge is 0.461 e. The molecule has 0 fully saturated rings. The Morgan fingerprint density at radius 3 is 2.69 bits per heavy atom. The SMILES string of the molecule is CCOC(=O)c1nnn(CC)c1C. The molecule has 5 nitrogen and oxygen atoms in total. The third-order valence-electron chi connectivity index (χ3n) is 1.75. The molecule has 0 aromatic carbocycles. The summed E-state index contributed by atoms with van der Waals surface area (Å²) in [6, 6.07) is 0. The topological polar surface area (TPSA) is 57.0 Å². The molecular formula is C8H13N3O2. The maximum atomic E-state index is 11.3. The van der Waals surface area contributed by atoms with Crippen LogP contribution in [0.2, 0.25) is 0 Å². The summed E-state index contributed by atoms with van der Waals surface area (Å²) < 4.78 is 6.47. The van der Waals surface area contributed by atoms with Crippen molar-refractivity contribution in [1.82, 2.24) is 15.0 Å². The minimum Gasteiger partial charge on any atom is -0.461 e. The predicted molar refractivity (Wildman–Crippen MR) is 46.4 cm³/mol. The van der Waals surface area contributed by atoms with E-state index in [1.54, 1.807) is 18.5 Å². The average molecular weight is 183 g/mol. The number of carbonyl (C=O) groups excluding carboxylic acids is 1. The first-order chi connectivity index (χ1) is 6.20. The van der Waals surface area contributed by atoms with E-state index in [2.05, 4.69) is 10.3 Å². The van der Waals surface area contributed by atoms with Gasteiger partial charge in [-0.15, -0.1) is 5.10 Å². The Morgan fingerprint density at radius 2 is 2.23 bits per heavy atom. The molecule has 0 aliphatic heterocycles. The number of hydrogen-bond acceptors (Lipinski definition) is 4. The summed E-state index contributed by atoms with van der Waals surface area (Å²) in [5, 5.41) is 7.55. The first-order valence-corrected chi connectivity index (χ1v) is 4.27. The van der Waals surface area contributed by atoms with Crippen LogP contribution in [0.5, 0.6) is 0 Å². The lowest BCUT2D eigenvalue weighted by atomic mass is 10.3. The highest BCUT2D eigenvalue weighted by Crippen LogP contribution is 2.04. The monoisotopic (exact) mass is 183 g/mol. The number of hydrogen-bond donors (Lipinski definition) is 0. The summed E-state index contributed by atoms with van der Waals surface area (Å²) in [7, 11) is 0. The van der Waals surface area contributed by atoms with Gasteiger partial charge in [-0.3, -0.25) is 0 Å². The van der Waals surface area contributed by atoms with E-state index in [0.717, 1.165) is 5.69 Å². The van der Waals surface area contributed by atoms with Crippen molar-refractivity contribution in [3.05, 3.63) is 11.4 Å². The first-order valence-electron chi connectivity index (χ1n) is 4.27. The van der Waals surface area contributed by atoms with Crippen LogP contribution in [0.15, 0.2) is 0 Å². The zero-order chi connectivity index (χ0) is 9.84.